The van der Waals surface area contributed by atoms with Crippen LogP contribution in [0.3, 0.4) is 0 Å². The first-order valence-electron chi connectivity index (χ1n) is 3.18. The van der Waals surface area contributed by atoms with Gasteiger partial charge in [0, 0.05) is 6.20 Å². The van der Waals surface area contributed by atoms with Crippen molar-refractivity contribution in [3.8, 4) is 11.3 Å². The lowest BCUT2D eigenvalue weighted by Crippen LogP contribution is -2.00. The molecular weight excluding hydrogens is 144 g/mol. The standard InChI is InChI=1S/C7H6N2O2/c10-7-5(4-8-9-7)6-2-1-3-11-6/h1-4H,(H2,8,9,10). The molecule has 4 nitrogen and oxygen atoms in total. The number of nitrogens with one attached hydrogen (secondary N) is 2. The zero-order valence-corrected chi connectivity index (χ0v) is 5.63. The summed E-state index contributed by atoms with van der Waals surface area (Å²) in [4.78, 5) is 11.0. The van der Waals surface area contributed by atoms with Gasteiger partial charge in [-0.2, -0.15) is 0 Å². The van der Waals surface area contributed by atoms with Gasteiger partial charge >= 0.3 is 0 Å². The lowest BCUT2D eigenvalue weighted by molar-refractivity contribution is 0.582. The van der Waals surface area contributed by atoms with Crippen LogP contribution in [-0.4, -0.2) is 10.2 Å². The van der Waals surface area contributed by atoms with Crippen molar-refractivity contribution in [3.05, 3.63) is 34.9 Å². The van der Waals surface area contributed by atoms with Gasteiger partial charge in [0.05, 0.1) is 6.26 Å². The van der Waals surface area contributed by atoms with Crippen molar-refractivity contribution in [2.24, 2.45) is 0 Å². The topological polar surface area (TPSA) is 61.8 Å². The van der Waals surface area contributed by atoms with Crippen LogP contribution < -0.4 is 5.56 Å². The quantitative estimate of drug-likeness (QED) is 0.636. The van der Waals surface area contributed by atoms with E-state index in [1.165, 1.54) is 6.26 Å². The van der Waals surface area contributed by atoms with E-state index >= 15 is 0 Å². The predicted molar refractivity (Wildman–Crippen MR) is 39.1 cm³/mol. The largest absolute Gasteiger partial charge is 0.464 e. The molecule has 0 spiro atoms. The first kappa shape index (κ1) is 6.03. The maximum absolute atomic E-state index is 11.0. The van der Waals surface area contributed by atoms with E-state index in [0.29, 0.717) is 11.3 Å². The highest BCUT2D eigenvalue weighted by molar-refractivity contribution is 5.53. The maximum atomic E-state index is 11.0. The SMILES string of the molecule is O=c1[nH][nH]cc1-c1ccco1. The van der Waals surface area contributed by atoms with Gasteiger partial charge in [-0.1, -0.05) is 0 Å². The fourth-order valence-corrected chi connectivity index (χ4v) is 0.922. The van der Waals surface area contributed by atoms with Gasteiger partial charge in [0.2, 0.25) is 0 Å². The van der Waals surface area contributed by atoms with Crippen molar-refractivity contribution < 1.29 is 4.42 Å². The highest BCUT2D eigenvalue weighted by Crippen LogP contribution is 2.13. The molecule has 0 saturated carbocycles. The Morgan fingerprint density at radius 2 is 2.36 bits per heavy atom. The summed E-state index contributed by atoms with van der Waals surface area (Å²) < 4.78 is 5.02. The summed E-state index contributed by atoms with van der Waals surface area (Å²) in [6, 6.07) is 3.47. The summed E-state index contributed by atoms with van der Waals surface area (Å²) in [7, 11) is 0. The van der Waals surface area contributed by atoms with Gasteiger partial charge in [0.25, 0.3) is 5.56 Å². The number of aromatic amines is 2. The molecule has 0 aliphatic heterocycles. The molecule has 56 valence electrons. The van der Waals surface area contributed by atoms with Crippen LogP contribution in [0, 0.1) is 0 Å². The third-order valence-electron chi connectivity index (χ3n) is 1.43. The zero-order valence-electron chi connectivity index (χ0n) is 5.63. The molecule has 0 unspecified atom stereocenters. The van der Waals surface area contributed by atoms with Crippen LogP contribution in [0.1, 0.15) is 0 Å². The molecule has 11 heavy (non-hydrogen) atoms. The second kappa shape index (κ2) is 2.16. The summed E-state index contributed by atoms with van der Waals surface area (Å²) in [5.74, 6) is 0.576. The highest BCUT2D eigenvalue weighted by Gasteiger charge is 2.04. The van der Waals surface area contributed by atoms with Crippen molar-refractivity contribution in [1.82, 2.24) is 10.2 Å². The number of H-pyrrole nitrogens is 2. The molecule has 0 saturated heterocycles. The molecule has 4 heteroatoms. The summed E-state index contributed by atoms with van der Waals surface area (Å²) in [5.41, 5.74) is 0.356. The van der Waals surface area contributed by atoms with Crippen LogP contribution in [0.25, 0.3) is 11.3 Å². The minimum absolute atomic E-state index is 0.167. The smallest absolute Gasteiger partial charge is 0.274 e. The Bertz CT molecular complexity index is 382. The van der Waals surface area contributed by atoms with E-state index in [1.54, 1.807) is 18.3 Å². The summed E-state index contributed by atoms with van der Waals surface area (Å²) in [5, 5.41) is 5.01. The van der Waals surface area contributed by atoms with E-state index in [-0.39, 0.29) is 5.56 Å². The first-order valence-corrected chi connectivity index (χ1v) is 3.18. The number of hydrogen-bond donors (Lipinski definition) is 2. The zero-order chi connectivity index (χ0) is 7.68. The van der Waals surface area contributed by atoms with Crippen molar-refractivity contribution >= 4 is 0 Å². The molecule has 0 bridgehead atoms. The molecule has 0 aliphatic rings. The second-order valence-corrected chi connectivity index (χ2v) is 2.13. The predicted octanol–water partition coefficient (Wildman–Crippen LogP) is 0.963. The molecule has 0 atom stereocenters. The van der Waals surface area contributed by atoms with Gasteiger partial charge < -0.3 is 9.52 Å². The Labute approximate surface area is 61.8 Å². The number of aromatic nitrogens is 2. The van der Waals surface area contributed by atoms with Crippen LogP contribution in [0.5, 0.6) is 0 Å². The Balaban J connectivity index is 2.62. The van der Waals surface area contributed by atoms with Gasteiger partial charge in [-0.15, -0.1) is 0 Å². The summed E-state index contributed by atoms with van der Waals surface area (Å²) in [6.45, 7) is 0. The molecule has 2 heterocycles. The van der Waals surface area contributed by atoms with E-state index in [4.69, 9.17) is 4.42 Å². The van der Waals surface area contributed by atoms with Gasteiger partial charge in [-0.3, -0.25) is 9.89 Å². The summed E-state index contributed by atoms with van der Waals surface area (Å²) >= 11 is 0. The van der Waals surface area contributed by atoms with Crippen molar-refractivity contribution in [2.75, 3.05) is 0 Å². The van der Waals surface area contributed by atoms with Crippen LogP contribution in [0.15, 0.2) is 33.8 Å². The van der Waals surface area contributed by atoms with E-state index in [0.717, 1.165) is 0 Å². The number of rotatable bonds is 1. The van der Waals surface area contributed by atoms with E-state index in [9.17, 15) is 4.79 Å². The van der Waals surface area contributed by atoms with Crippen LogP contribution in [0.4, 0.5) is 0 Å². The van der Waals surface area contributed by atoms with E-state index < -0.39 is 0 Å². The second-order valence-electron chi connectivity index (χ2n) is 2.13. The van der Waals surface area contributed by atoms with Crippen LogP contribution in [-0.2, 0) is 0 Å². The first-order chi connectivity index (χ1) is 5.38. The van der Waals surface area contributed by atoms with Crippen molar-refractivity contribution in [2.45, 2.75) is 0 Å². The lowest BCUT2D eigenvalue weighted by Gasteiger charge is -1.83. The number of hydrogen-bond acceptors (Lipinski definition) is 2. The maximum Gasteiger partial charge on any atom is 0.274 e. The van der Waals surface area contributed by atoms with Crippen molar-refractivity contribution in [1.29, 1.82) is 0 Å². The summed E-state index contributed by atoms with van der Waals surface area (Å²) in [6.07, 6.45) is 3.10. The molecule has 0 fully saturated rings. The average Bonchev–Trinajstić information content (AvgIpc) is 2.55. The van der Waals surface area contributed by atoms with Gasteiger partial charge in [-0.25, -0.2) is 0 Å². The fraction of sp³-hybridized carbons (Fsp3) is 0. The molecular formula is C7H6N2O2. The lowest BCUT2D eigenvalue weighted by atomic mass is 10.3. The van der Waals surface area contributed by atoms with Gasteiger partial charge in [-0.05, 0) is 12.1 Å². The van der Waals surface area contributed by atoms with Crippen molar-refractivity contribution in [3.63, 3.8) is 0 Å². The number of furan rings is 1. The van der Waals surface area contributed by atoms with Gasteiger partial charge in [0.1, 0.15) is 11.3 Å². The molecule has 2 rings (SSSR count). The molecule has 2 aromatic rings. The third kappa shape index (κ3) is 0.881. The van der Waals surface area contributed by atoms with Crippen LogP contribution in [0.2, 0.25) is 0 Å². The minimum atomic E-state index is -0.167. The Morgan fingerprint density at radius 1 is 1.45 bits per heavy atom. The average molecular weight is 150 g/mol. The highest BCUT2D eigenvalue weighted by atomic mass is 16.3. The Kier molecular flexibility index (Phi) is 1.18. The molecule has 2 aromatic heterocycles. The molecule has 2 N–H and O–H groups in total. The normalized spacial score (nSPS) is 10.2. The van der Waals surface area contributed by atoms with E-state index in [2.05, 4.69) is 10.2 Å². The van der Waals surface area contributed by atoms with Gasteiger partial charge in [0.15, 0.2) is 0 Å². The Hall–Kier alpha value is -1.71. The Morgan fingerprint density at radius 3 is 2.91 bits per heavy atom. The minimum Gasteiger partial charge on any atom is -0.464 e. The molecule has 0 aliphatic carbocycles. The van der Waals surface area contributed by atoms with Crippen LogP contribution >= 0.6 is 0 Å². The molecule has 0 amide bonds. The van der Waals surface area contributed by atoms with E-state index in [1.807, 2.05) is 0 Å². The third-order valence-corrected chi connectivity index (χ3v) is 1.43. The fourth-order valence-electron chi connectivity index (χ4n) is 0.922. The molecule has 0 aromatic carbocycles. The monoisotopic (exact) mass is 150 g/mol. The molecule has 0 radical (unpaired) electrons.